The Hall–Kier alpha value is -3.00. The van der Waals surface area contributed by atoms with Crippen molar-refractivity contribution in [1.82, 2.24) is 20.1 Å². The zero-order valence-corrected chi connectivity index (χ0v) is 22.4. The molecule has 1 N–H and O–H groups in total. The molecule has 4 aromatic rings. The van der Waals surface area contributed by atoms with Gasteiger partial charge in [0.25, 0.3) is 0 Å². The van der Waals surface area contributed by atoms with Crippen molar-refractivity contribution in [2.75, 3.05) is 7.11 Å². The molecule has 1 amide bonds. The van der Waals surface area contributed by atoms with Crippen LogP contribution in [-0.2, 0) is 10.5 Å². The molecule has 0 aliphatic rings. The number of methoxy groups -OCH3 is 1. The Balaban J connectivity index is 1.64. The quantitative estimate of drug-likeness (QED) is 0.189. The molecule has 2 unspecified atom stereocenters. The Kier molecular flexibility index (Phi) is 8.56. The molecule has 0 aliphatic heterocycles. The first-order chi connectivity index (χ1) is 17.4. The highest BCUT2D eigenvalue weighted by molar-refractivity contribution is 7.98. The third-order valence-corrected chi connectivity index (χ3v) is 7.33. The van der Waals surface area contributed by atoms with Crippen molar-refractivity contribution in [3.05, 3.63) is 100 Å². The summed E-state index contributed by atoms with van der Waals surface area (Å²) in [5, 5.41) is 12.4. The maximum absolute atomic E-state index is 12.9. The molecule has 0 bridgehead atoms. The van der Waals surface area contributed by atoms with Gasteiger partial charge in [-0.1, -0.05) is 71.9 Å². The van der Waals surface area contributed by atoms with Crippen molar-refractivity contribution in [3.8, 4) is 11.4 Å². The number of carbonyl (C=O) groups excluding carboxylic acids is 1. The normalized spacial score (nSPS) is 12.7. The highest BCUT2D eigenvalue weighted by Gasteiger charge is 2.25. The Labute approximate surface area is 225 Å². The van der Waals surface area contributed by atoms with Crippen LogP contribution in [0.25, 0.3) is 5.69 Å². The summed E-state index contributed by atoms with van der Waals surface area (Å²) < 4.78 is 7.29. The predicted octanol–water partition coefficient (Wildman–Crippen LogP) is 6.69. The number of nitrogens with zero attached hydrogens (tertiary/aromatic N) is 3. The maximum Gasteiger partial charge on any atom is 0.243 e. The average Bonchev–Trinajstić information content (AvgIpc) is 3.33. The van der Waals surface area contributed by atoms with Crippen LogP contribution in [-0.4, -0.2) is 27.8 Å². The van der Waals surface area contributed by atoms with Crippen LogP contribution in [0, 0.1) is 6.92 Å². The van der Waals surface area contributed by atoms with Gasteiger partial charge in [-0.15, -0.1) is 21.8 Å². The Morgan fingerprint density at radius 1 is 1.08 bits per heavy atom. The van der Waals surface area contributed by atoms with E-state index in [1.54, 1.807) is 18.9 Å². The molecule has 9 heteroatoms. The van der Waals surface area contributed by atoms with Gasteiger partial charge in [-0.3, -0.25) is 9.36 Å². The van der Waals surface area contributed by atoms with Crippen molar-refractivity contribution < 1.29 is 9.53 Å². The average molecular weight is 542 g/mol. The summed E-state index contributed by atoms with van der Waals surface area (Å²) in [6.45, 7) is 3.86. The van der Waals surface area contributed by atoms with Crippen LogP contribution in [0.3, 0.4) is 0 Å². The van der Waals surface area contributed by atoms with Crippen molar-refractivity contribution >= 4 is 40.9 Å². The van der Waals surface area contributed by atoms with E-state index in [2.05, 4.69) is 15.5 Å². The first kappa shape index (κ1) is 26.1. The number of aromatic nitrogens is 3. The molecule has 2 atom stereocenters. The molecule has 3 aromatic carbocycles. The molecule has 1 heterocycles. The SMILES string of the molecule is COc1cccc(CSc2nnc(C(C)NC(=O)C(Cl)c3ccccc3)n2-c2cc(Cl)ccc2C)c1. The van der Waals surface area contributed by atoms with Gasteiger partial charge in [0.05, 0.1) is 18.8 Å². The van der Waals surface area contributed by atoms with Crippen LogP contribution in [0.2, 0.25) is 5.02 Å². The third kappa shape index (κ3) is 6.03. The number of nitrogens with one attached hydrogen (secondary N) is 1. The lowest BCUT2D eigenvalue weighted by Crippen LogP contribution is -2.31. The summed E-state index contributed by atoms with van der Waals surface area (Å²) in [5.74, 6) is 1.73. The number of thioether (sulfide) groups is 1. The van der Waals surface area contributed by atoms with Gasteiger partial charge >= 0.3 is 0 Å². The van der Waals surface area contributed by atoms with Gasteiger partial charge in [0.15, 0.2) is 11.0 Å². The largest absolute Gasteiger partial charge is 0.497 e. The molecule has 4 rings (SSSR count). The van der Waals surface area contributed by atoms with Crippen LogP contribution >= 0.6 is 35.0 Å². The molecule has 0 saturated carbocycles. The molecule has 0 fully saturated rings. The second-order valence-corrected chi connectivity index (χ2v) is 10.1. The van der Waals surface area contributed by atoms with Crippen molar-refractivity contribution in [1.29, 1.82) is 0 Å². The molecule has 0 saturated heterocycles. The topological polar surface area (TPSA) is 69.0 Å². The van der Waals surface area contributed by atoms with Gasteiger partial charge in [0.1, 0.15) is 11.1 Å². The molecule has 1 aromatic heterocycles. The van der Waals surface area contributed by atoms with Gasteiger partial charge < -0.3 is 10.1 Å². The smallest absolute Gasteiger partial charge is 0.243 e. The standard InChI is InChI=1S/C27H26Cl2N4O2S/c1-17-12-13-21(28)15-23(17)33-25(18(2)30-26(34)24(29)20-9-5-4-6-10-20)31-32-27(33)36-16-19-8-7-11-22(14-19)35-3/h4-15,18,24H,16H2,1-3H3,(H,30,34). The van der Waals surface area contributed by atoms with Crippen LogP contribution in [0.15, 0.2) is 78.0 Å². The van der Waals surface area contributed by atoms with Gasteiger partial charge in [-0.05, 0) is 54.8 Å². The van der Waals surface area contributed by atoms with Crippen molar-refractivity contribution in [3.63, 3.8) is 0 Å². The highest BCUT2D eigenvalue weighted by atomic mass is 35.5. The molecule has 186 valence electrons. The number of carbonyl (C=O) groups is 1. The van der Waals surface area contributed by atoms with E-state index >= 15 is 0 Å². The lowest BCUT2D eigenvalue weighted by molar-refractivity contribution is -0.121. The second kappa shape index (κ2) is 11.8. The lowest BCUT2D eigenvalue weighted by Gasteiger charge is -2.19. The summed E-state index contributed by atoms with van der Waals surface area (Å²) in [4.78, 5) is 12.9. The third-order valence-electron chi connectivity index (χ3n) is 5.64. The molecule has 0 radical (unpaired) electrons. The Morgan fingerprint density at radius 2 is 1.86 bits per heavy atom. The summed E-state index contributed by atoms with van der Waals surface area (Å²) in [7, 11) is 1.65. The zero-order valence-electron chi connectivity index (χ0n) is 20.1. The zero-order chi connectivity index (χ0) is 25.7. The van der Waals surface area contributed by atoms with Gasteiger partial charge in [0.2, 0.25) is 5.91 Å². The van der Waals surface area contributed by atoms with Gasteiger partial charge in [-0.2, -0.15) is 0 Å². The minimum Gasteiger partial charge on any atom is -0.497 e. The second-order valence-electron chi connectivity index (χ2n) is 8.25. The first-order valence-electron chi connectivity index (χ1n) is 11.3. The Morgan fingerprint density at radius 3 is 2.61 bits per heavy atom. The first-order valence-corrected chi connectivity index (χ1v) is 13.1. The van der Waals surface area contributed by atoms with Gasteiger partial charge in [0, 0.05) is 10.8 Å². The van der Waals surface area contributed by atoms with Crippen LogP contribution in [0.4, 0.5) is 0 Å². The minimum atomic E-state index is -0.820. The highest BCUT2D eigenvalue weighted by Crippen LogP contribution is 2.31. The number of hydrogen-bond acceptors (Lipinski definition) is 5. The van der Waals surface area contributed by atoms with E-state index in [1.165, 1.54) is 0 Å². The van der Waals surface area contributed by atoms with Crippen LogP contribution in [0.1, 0.15) is 40.9 Å². The predicted molar refractivity (Wildman–Crippen MR) is 145 cm³/mol. The monoisotopic (exact) mass is 540 g/mol. The van der Waals surface area contributed by atoms with Crippen LogP contribution in [0.5, 0.6) is 5.75 Å². The van der Waals surface area contributed by atoms with Gasteiger partial charge in [-0.25, -0.2) is 0 Å². The summed E-state index contributed by atoms with van der Waals surface area (Å²) in [6.07, 6.45) is 0. The molecular weight excluding hydrogens is 515 g/mol. The summed E-state index contributed by atoms with van der Waals surface area (Å²) in [6, 6.07) is 22.4. The lowest BCUT2D eigenvalue weighted by atomic mass is 10.1. The van der Waals surface area contributed by atoms with Crippen molar-refractivity contribution in [2.24, 2.45) is 0 Å². The number of benzene rings is 3. The number of ether oxygens (including phenoxy) is 1. The molecule has 6 nitrogen and oxygen atoms in total. The molecule has 36 heavy (non-hydrogen) atoms. The van der Waals surface area contributed by atoms with E-state index in [0.717, 1.165) is 28.1 Å². The number of hydrogen-bond donors (Lipinski definition) is 1. The molecule has 0 aliphatic carbocycles. The van der Waals surface area contributed by atoms with E-state index in [0.29, 0.717) is 21.8 Å². The van der Waals surface area contributed by atoms with E-state index in [9.17, 15) is 4.79 Å². The van der Waals surface area contributed by atoms with E-state index in [-0.39, 0.29) is 5.91 Å². The van der Waals surface area contributed by atoms with E-state index in [4.69, 9.17) is 27.9 Å². The Bertz CT molecular complexity index is 1350. The number of alkyl halides is 1. The number of rotatable bonds is 9. The fourth-order valence-corrected chi connectivity index (χ4v) is 5.01. The fraction of sp³-hybridized carbons (Fsp3) is 0.222. The summed E-state index contributed by atoms with van der Waals surface area (Å²) in [5.41, 5.74) is 3.67. The van der Waals surface area contributed by atoms with E-state index in [1.807, 2.05) is 91.2 Å². The van der Waals surface area contributed by atoms with Crippen molar-refractivity contribution in [2.45, 2.75) is 36.2 Å². The maximum atomic E-state index is 12.9. The van der Waals surface area contributed by atoms with Crippen LogP contribution < -0.4 is 10.1 Å². The minimum absolute atomic E-state index is 0.307. The molecular formula is C27H26Cl2N4O2S. The number of aryl methyl sites for hydroxylation is 1. The fourth-order valence-electron chi connectivity index (χ4n) is 3.74. The molecule has 0 spiro atoms. The number of amides is 1. The summed E-state index contributed by atoms with van der Waals surface area (Å²) >= 11 is 14.3. The number of halogens is 2. The van der Waals surface area contributed by atoms with E-state index < -0.39 is 11.4 Å².